The van der Waals surface area contributed by atoms with Gasteiger partial charge in [-0.2, -0.15) is 0 Å². The summed E-state index contributed by atoms with van der Waals surface area (Å²) in [6, 6.07) is 10.2. The van der Waals surface area contributed by atoms with Gasteiger partial charge in [0.1, 0.15) is 6.61 Å². The van der Waals surface area contributed by atoms with Gasteiger partial charge in [0.15, 0.2) is 5.67 Å². The SMILES string of the molecule is C[C@H](c1ccccc1)N1CCC(F)(COC(=O)C2CCCN(C(=O)C3CC3)C2)C1. The minimum atomic E-state index is -1.50. The van der Waals surface area contributed by atoms with Gasteiger partial charge in [-0.1, -0.05) is 30.3 Å². The zero-order valence-corrected chi connectivity index (χ0v) is 17.2. The van der Waals surface area contributed by atoms with Crippen LogP contribution in [0, 0.1) is 11.8 Å². The molecule has 29 heavy (non-hydrogen) atoms. The summed E-state index contributed by atoms with van der Waals surface area (Å²) >= 11 is 0. The molecule has 2 unspecified atom stereocenters. The second-order valence-corrected chi connectivity index (χ2v) is 8.96. The molecule has 0 aromatic heterocycles. The summed E-state index contributed by atoms with van der Waals surface area (Å²) in [7, 11) is 0. The topological polar surface area (TPSA) is 49.9 Å². The fraction of sp³-hybridized carbons (Fsp3) is 0.652. The average molecular weight is 403 g/mol. The van der Waals surface area contributed by atoms with Crippen molar-refractivity contribution in [2.75, 3.05) is 32.8 Å². The highest BCUT2D eigenvalue weighted by Gasteiger charge is 2.42. The van der Waals surface area contributed by atoms with Crippen LogP contribution in [0.4, 0.5) is 4.39 Å². The summed E-state index contributed by atoms with van der Waals surface area (Å²) in [5.41, 5.74) is -0.340. The smallest absolute Gasteiger partial charge is 0.310 e. The van der Waals surface area contributed by atoms with Crippen molar-refractivity contribution >= 4 is 11.9 Å². The summed E-state index contributed by atoms with van der Waals surface area (Å²) in [6.45, 7) is 3.95. The number of nitrogens with zero attached hydrogens (tertiary/aromatic N) is 2. The van der Waals surface area contributed by atoms with E-state index >= 15 is 4.39 Å². The lowest BCUT2D eigenvalue weighted by atomic mass is 9.97. The Labute approximate surface area is 172 Å². The van der Waals surface area contributed by atoms with Crippen LogP contribution in [0.25, 0.3) is 0 Å². The second kappa shape index (κ2) is 8.42. The molecule has 2 saturated heterocycles. The molecule has 0 radical (unpaired) electrons. The number of carbonyl (C=O) groups excluding carboxylic acids is 2. The number of ether oxygens (including phenoxy) is 1. The molecule has 0 bridgehead atoms. The fourth-order valence-corrected chi connectivity index (χ4v) is 4.53. The number of benzene rings is 1. The molecule has 0 spiro atoms. The van der Waals surface area contributed by atoms with Crippen molar-refractivity contribution in [1.82, 2.24) is 9.80 Å². The minimum Gasteiger partial charge on any atom is -0.462 e. The normalized spacial score (nSPS) is 28.9. The van der Waals surface area contributed by atoms with E-state index in [1.165, 1.54) is 0 Å². The van der Waals surface area contributed by atoms with Crippen LogP contribution in [0.3, 0.4) is 0 Å². The summed E-state index contributed by atoms with van der Waals surface area (Å²) in [5, 5.41) is 0. The number of piperidine rings is 1. The van der Waals surface area contributed by atoms with E-state index in [-0.39, 0.29) is 42.9 Å². The average Bonchev–Trinajstić information content (AvgIpc) is 3.54. The van der Waals surface area contributed by atoms with Gasteiger partial charge < -0.3 is 9.64 Å². The van der Waals surface area contributed by atoms with E-state index < -0.39 is 5.67 Å². The number of hydrogen-bond donors (Lipinski definition) is 0. The van der Waals surface area contributed by atoms with Crippen molar-refractivity contribution in [1.29, 1.82) is 0 Å². The van der Waals surface area contributed by atoms with Gasteiger partial charge in [-0.15, -0.1) is 0 Å². The summed E-state index contributed by atoms with van der Waals surface area (Å²) in [6.07, 6.45) is 3.82. The lowest BCUT2D eigenvalue weighted by Gasteiger charge is -2.32. The van der Waals surface area contributed by atoms with Crippen LogP contribution >= 0.6 is 0 Å². The molecule has 2 aliphatic heterocycles. The highest BCUT2D eigenvalue weighted by molar-refractivity contribution is 5.82. The molecule has 1 saturated carbocycles. The zero-order chi connectivity index (χ0) is 20.4. The summed E-state index contributed by atoms with van der Waals surface area (Å²) < 4.78 is 20.7. The largest absolute Gasteiger partial charge is 0.462 e. The third-order valence-corrected chi connectivity index (χ3v) is 6.63. The first-order valence-electron chi connectivity index (χ1n) is 10.9. The third kappa shape index (κ3) is 4.80. The van der Waals surface area contributed by atoms with Gasteiger partial charge in [0.2, 0.25) is 5.91 Å². The van der Waals surface area contributed by atoms with Crippen molar-refractivity contribution in [3.8, 4) is 0 Å². The predicted octanol–water partition coefficient (Wildman–Crippen LogP) is 3.35. The first-order chi connectivity index (χ1) is 14.0. The highest BCUT2D eigenvalue weighted by Crippen LogP contribution is 2.34. The molecule has 3 aliphatic rings. The molecule has 4 rings (SSSR count). The third-order valence-electron chi connectivity index (χ3n) is 6.63. The Morgan fingerprint density at radius 1 is 1.17 bits per heavy atom. The molecule has 0 N–H and O–H groups in total. The molecule has 5 nitrogen and oxygen atoms in total. The molecule has 6 heteroatoms. The summed E-state index contributed by atoms with van der Waals surface area (Å²) in [4.78, 5) is 28.7. The van der Waals surface area contributed by atoms with Crippen LogP contribution in [0.5, 0.6) is 0 Å². The van der Waals surface area contributed by atoms with Crippen molar-refractivity contribution in [3.05, 3.63) is 35.9 Å². The van der Waals surface area contributed by atoms with Gasteiger partial charge in [0.05, 0.1) is 5.92 Å². The molecule has 1 aliphatic carbocycles. The number of esters is 1. The van der Waals surface area contributed by atoms with E-state index in [0.717, 1.165) is 31.4 Å². The van der Waals surface area contributed by atoms with Gasteiger partial charge in [-0.25, -0.2) is 4.39 Å². The lowest BCUT2D eigenvalue weighted by molar-refractivity contribution is -0.155. The minimum absolute atomic E-state index is 0.130. The summed E-state index contributed by atoms with van der Waals surface area (Å²) in [5.74, 6) is -0.346. The van der Waals surface area contributed by atoms with Crippen LogP contribution in [-0.4, -0.2) is 60.1 Å². The Balaban J connectivity index is 1.27. The Morgan fingerprint density at radius 3 is 2.66 bits per heavy atom. The van der Waals surface area contributed by atoms with Crippen LogP contribution in [-0.2, 0) is 14.3 Å². The number of likely N-dealkylation sites (tertiary alicyclic amines) is 2. The van der Waals surface area contributed by atoms with E-state index in [1.54, 1.807) is 4.90 Å². The quantitative estimate of drug-likeness (QED) is 0.685. The van der Waals surface area contributed by atoms with Crippen molar-refractivity contribution in [2.24, 2.45) is 11.8 Å². The van der Waals surface area contributed by atoms with Gasteiger partial charge in [0, 0.05) is 38.1 Å². The van der Waals surface area contributed by atoms with Crippen molar-refractivity contribution < 1.29 is 18.7 Å². The number of halogens is 1. The van der Waals surface area contributed by atoms with Crippen molar-refractivity contribution in [2.45, 2.75) is 50.7 Å². The fourth-order valence-electron chi connectivity index (χ4n) is 4.53. The number of hydrogen-bond acceptors (Lipinski definition) is 4. The first-order valence-corrected chi connectivity index (χ1v) is 10.9. The molecule has 1 aromatic carbocycles. The van der Waals surface area contributed by atoms with Gasteiger partial charge in [-0.3, -0.25) is 14.5 Å². The maximum absolute atomic E-state index is 15.3. The number of carbonyl (C=O) groups is 2. The van der Waals surface area contributed by atoms with Crippen molar-refractivity contribution in [3.63, 3.8) is 0 Å². The molecule has 3 atom stereocenters. The van der Waals surface area contributed by atoms with Gasteiger partial charge in [0.25, 0.3) is 0 Å². The van der Waals surface area contributed by atoms with Crippen LogP contribution in [0.15, 0.2) is 30.3 Å². The first kappa shape index (κ1) is 20.3. The highest BCUT2D eigenvalue weighted by atomic mass is 19.1. The number of rotatable bonds is 6. The molecular formula is C23H31FN2O3. The monoisotopic (exact) mass is 402 g/mol. The van der Waals surface area contributed by atoms with E-state index in [1.807, 2.05) is 18.2 Å². The van der Waals surface area contributed by atoms with Crippen LogP contribution in [0.2, 0.25) is 0 Å². The molecule has 1 aromatic rings. The Hall–Kier alpha value is -1.95. The van der Waals surface area contributed by atoms with Crippen LogP contribution < -0.4 is 0 Å². The number of alkyl halides is 1. The number of amides is 1. The van der Waals surface area contributed by atoms with Crippen LogP contribution in [0.1, 0.15) is 50.6 Å². The Kier molecular flexibility index (Phi) is 5.91. The Bertz CT molecular complexity index is 739. The maximum atomic E-state index is 15.3. The molecule has 3 fully saturated rings. The molecule has 158 valence electrons. The maximum Gasteiger partial charge on any atom is 0.310 e. The zero-order valence-electron chi connectivity index (χ0n) is 17.2. The Morgan fingerprint density at radius 2 is 1.93 bits per heavy atom. The van der Waals surface area contributed by atoms with E-state index in [2.05, 4.69) is 24.0 Å². The van der Waals surface area contributed by atoms with E-state index in [9.17, 15) is 9.59 Å². The standard InChI is InChI=1S/C23H31FN2O3/c1-17(18-6-3-2-4-7-18)26-13-11-23(24,15-26)16-29-22(28)20-8-5-12-25(14-20)21(27)19-9-10-19/h2-4,6-7,17,19-20H,5,8-16H2,1H3/t17-,20?,23?/m1/s1. The second-order valence-electron chi connectivity index (χ2n) is 8.96. The molecular weight excluding hydrogens is 371 g/mol. The molecule has 2 heterocycles. The van der Waals surface area contributed by atoms with E-state index in [4.69, 9.17) is 4.74 Å². The van der Waals surface area contributed by atoms with Gasteiger partial charge in [-0.05, 0) is 44.6 Å². The predicted molar refractivity (Wildman–Crippen MR) is 108 cm³/mol. The molecule has 1 amide bonds. The lowest BCUT2D eigenvalue weighted by Crippen LogP contribution is -2.44. The van der Waals surface area contributed by atoms with E-state index in [0.29, 0.717) is 25.9 Å². The van der Waals surface area contributed by atoms with Gasteiger partial charge >= 0.3 is 5.97 Å².